The van der Waals surface area contributed by atoms with Crippen molar-refractivity contribution < 1.29 is 4.79 Å². The number of hydrogen-bond acceptors (Lipinski definition) is 5. The Balaban J connectivity index is 1.67. The average molecular weight is 434 g/mol. The van der Waals surface area contributed by atoms with Gasteiger partial charge in [0.2, 0.25) is 0 Å². The fourth-order valence-electron chi connectivity index (χ4n) is 4.07. The Morgan fingerprint density at radius 1 is 1.10 bits per heavy atom. The first-order valence-corrected chi connectivity index (χ1v) is 10.6. The van der Waals surface area contributed by atoms with E-state index in [9.17, 15) is 4.79 Å². The summed E-state index contributed by atoms with van der Waals surface area (Å²) in [6.45, 7) is 9.05. The van der Waals surface area contributed by atoms with Gasteiger partial charge in [-0.25, -0.2) is 4.98 Å². The molecule has 2 aliphatic rings. The Kier molecular flexibility index (Phi) is 5.60. The van der Waals surface area contributed by atoms with Gasteiger partial charge in [-0.15, -0.1) is 0 Å². The van der Waals surface area contributed by atoms with Crippen LogP contribution in [-0.2, 0) is 6.54 Å². The zero-order valence-corrected chi connectivity index (χ0v) is 18.4. The van der Waals surface area contributed by atoms with Crippen molar-refractivity contribution in [3.05, 3.63) is 45.7 Å². The van der Waals surface area contributed by atoms with Crippen LogP contribution in [0.5, 0.6) is 0 Å². The molecular formula is C21H25Cl2N5O. The molecule has 1 aromatic carbocycles. The lowest BCUT2D eigenvalue weighted by Crippen LogP contribution is -2.49. The number of hydrogen-bond donors (Lipinski definition) is 1. The van der Waals surface area contributed by atoms with Gasteiger partial charge in [0.15, 0.2) is 0 Å². The van der Waals surface area contributed by atoms with Gasteiger partial charge in [0.1, 0.15) is 5.15 Å². The average Bonchev–Trinajstić information content (AvgIpc) is 3.00. The molecule has 1 N–H and O–H groups in total. The van der Waals surface area contributed by atoms with Crippen molar-refractivity contribution in [3.63, 3.8) is 0 Å². The van der Waals surface area contributed by atoms with Crippen LogP contribution in [-0.4, -0.2) is 60.0 Å². The first-order chi connectivity index (χ1) is 13.8. The molecule has 0 unspecified atom stereocenters. The lowest BCUT2D eigenvalue weighted by atomic mass is 10.0. The summed E-state index contributed by atoms with van der Waals surface area (Å²) < 4.78 is 0. The molecule has 1 saturated heterocycles. The molecule has 4 rings (SSSR count). The Morgan fingerprint density at radius 3 is 2.52 bits per heavy atom. The lowest BCUT2D eigenvalue weighted by Gasteiger charge is -2.39. The molecule has 29 heavy (non-hydrogen) atoms. The molecule has 0 spiro atoms. The second kappa shape index (κ2) is 8.01. The van der Waals surface area contributed by atoms with Crippen LogP contribution in [0.4, 0.5) is 17.1 Å². The molecule has 1 amide bonds. The topological polar surface area (TPSA) is 51.7 Å². The Hall–Kier alpha value is -2.02. The van der Waals surface area contributed by atoms with Crippen LogP contribution in [0.25, 0.3) is 0 Å². The van der Waals surface area contributed by atoms with E-state index in [0.717, 1.165) is 43.1 Å². The number of nitrogens with zero attached hydrogens (tertiary/aromatic N) is 4. The smallest absolute Gasteiger partial charge is 0.256 e. The number of pyridine rings is 1. The van der Waals surface area contributed by atoms with E-state index in [1.54, 1.807) is 11.0 Å². The quantitative estimate of drug-likeness (QED) is 0.730. The van der Waals surface area contributed by atoms with Crippen LogP contribution in [0.1, 0.15) is 29.8 Å². The molecule has 3 heterocycles. The molecular weight excluding hydrogens is 409 g/mol. The van der Waals surface area contributed by atoms with Crippen molar-refractivity contribution in [1.29, 1.82) is 0 Å². The minimum Gasteiger partial charge on any atom is -0.369 e. The predicted molar refractivity (Wildman–Crippen MR) is 119 cm³/mol. The Morgan fingerprint density at radius 2 is 1.83 bits per heavy atom. The Bertz CT molecular complexity index is 941. The van der Waals surface area contributed by atoms with Crippen molar-refractivity contribution in [2.24, 2.45) is 0 Å². The number of fused-ring (bicyclic) bond motifs is 1. The van der Waals surface area contributed by atoms with Gasteiger partial charge in [0.05, 0.1) is 22.0 Å². The van der Waals surface area contributed by atoms with Gasteiger partial charge >= 0.3 is 0 Å². The molecule has 8 heteroatoms. The largest absolute Gasteiger partial charge is 0.369 e. The van der Waals surface area contributed by atoms with Gasteiger partial charge in [-0.05, 0) is 26.0 Å². The third-order valence-corrected chi connectivity index (χ3v) is 6.23. The maximum Gasteiger partial charge on any atom is 0.256 e. The number of benzene rings is 1. The second-order valence-electron chi connectivity index (χ2n) is 7.88. The van der Waals surface area contributed by atoms with Gasteiger partial charge in [-0.1, -0.05) is 23.2 Å². The molecule has 1 aromatic heterocycles. The second-order valence-corrected chi connectivity index (χ2v) is 8.67. The van der Waals surface area contributed by atoms with E-state index < -0.39 is 0 Å². The first kappa shape index (κ1) is 20.3. The van der Waals surface area contributed by atoms with Gasteiger partial charge in [0, 0.05) is 69.3 Å². The highest BCUT2D eigenvalue weighted by molar-refractivity contribution is 6.34. The fourth-order valence-corrected chi connectivity index (χ4v) is 4.38. The number of anilines is 3. The highest BCUT2D eigenvalue weighted by Gasteiger charge is 2.32. The zero-order chi connectivity index (χ0) is 20.7. The number of aromatic nitrogens is 1. The maximum absolute atomic E-state index is 12.9. The van der Waals surface area contributed by atoms with Gasteiger partial charge in [-0.2, -0.15) is 0 Å². The number of halogens is 2. The molecule has 2 aromatic rings. The summed E-state index contributed by atoms with van der Waals surface area (Å²) in [7, 11) is 1.84. The van der Waals surface area contributed by atoms with Crippen LogP contribution in [0.15, 0.2) is 24.4 Å². The van der Waals surface area contributed by atoms with Gasteiger partial charge in [-0.3, -0.25) is 9.69 Å². The molecule has 154 valence electrons. The summed E-state index contributed by atoms with van der Waals surface area (Å²) >= 11 is 12.3. The van der Waals surface area contributed by atoms with Crippen molar-refractivity contribution in [1.82, 2.24) is 14.8 Å². The minimum atomic E-state index is 0.0152. The molecule has 0 saturated carbocycles. The molecule has 2 aliphatic heterocycles. The number of carbonyl (C=O) groups is 1. The summed E-state index contributed by atoms with van der Waals surface area (Å²) in [5, 5.41) is 4.08. The zero-order valence-electron chi connectivity index (χ0n) is 16.9. The van der Waals surface area contributed by atoms with E-state index in [1.165, 1.54) is 6.20 Å². The van der Waals surface area contributed by atoms with Crippen molar-refractivity contribution in [2.75, 3.05) is 43.4 Å². The third kappa shape index (κ3) is 3.89. The van der Waals surface area contributed by atoms with Gasteiger partial charge in [0.25, 0.3) is 5.91 Å². The summed E-state index contributed by atoms with van der Waals surface area (Å²) in [6.07, 6.45) is 1.50. The van der Waals surface area contributed by atoms with Crippen molar-refractivity contribution in [2.45, 2.75) is 26.4 Å². The minimum absolute atomic E-state index is 0.0152. The van der Waals surface area contributed by atoms with Crippen LogP contribution in [0, 0.1) is 0 Å². The van der Waals surface area contributed by atoms with Crippen LogP contribution in [0.3, 0.4) is 0 Å². The highest BCUT2D eigenvalue weighted by atomic mass is 35.5. The normalized spacial score (nSPS) is 17.2. The first-order valence-electron chi connectivity index (χ1n) is 9.83. The molecule has 1 fully saturated rings. The van der Waals surface area contributed by atoms with Crippen LogP contribution in [0.2, 0.25) is 10.2 Å². The summed E-state index contributed by atoms with van der Waals surface area (Å²) in [5.74, 6) is 0.0152. The van der Waals surface area contributed by atoms with E-state index in [-0.39, 0.29) is 5.91 Å². The molecule has 0 atom stereocenters. The predicted octanol–water partition coefficient (Wildman–Crippen LogP) is 4.25. The van der Waals surface area contributed by atoms with E-state index in [1.807, 2.05) is 13.1 Å². The van der Waals surface area contributed by atoms with E-state index >= 15 is 0 Å². The van der Waals surface area contributed by atoms with E-state index in [0.29, 0.717) is 34.0 Å². The number of nitrogens with one attached hydrogen (secondary N) is 1. The number of carbonyl (C=O) groups excluding carboxylic acids is 1. The van der Waals surface area contributed by atoms with Gasteiger partial charge < -0.3 is 15.1 Å². The van der Waals surface area contributed by atoms with Crippen LogP contribution < -0.4 is 10.2 Å². The molecule has 6 nitrogen and oxygen atoms in total. The van der Waals surface area contributed by atoms with E-state index in [4.69, 9.17) is 23.2 Å². The van der Waals surface area contributed by atoms with Crippen LogP contribution >= 0.6 is 23.2 Å². The Labute approximate surface area is 181 Å². The highest BCUT2D eigenvalue weighted by Crippen LogP contribution is 2.38. The van der Waals surface area contributed by atoms with Crippen molar-refractivity contribution in [3.8, 4) is 0 Å². The summed E-state index contributed by atoms with van der Waals surface area (Å²) in [5.41, 5.74) is 4.29. The van der Waals surface area contributed by atoms with E-state index in [2.05, 4.69) is 40.0 Å². The summed E-state index contributed by atoms with van der Waals surface area (Å²) in [4.78, 5) is 23.5. The SMILES string of the molecule is CC(C)N1CCN(c2ccc(Nc3cc(Cl)ncc3Cl)c3c2CN(C)C3=O)CC1. The standard InChI is InChI=1S/C21H25Cl2N5O/c1-13(2)27-6-8-28(9-7-27)18-5-4-16(20-14(18)12-26(3)21(20)29)25-17-10-19(23)24-11-15(17)22/h4-5,10-11,13H,6-9,12H2,1-3H3,(H,24,25). The third-order valence-electron chi connectivity index (χ3n) is 5.72. The van der Waals surface area contributed by atoms with Crippen molar-refractivity contribution >= 4 is 46.2 Å². The lowest BCUT2D eigenvalue weighted by molar-refractivity contribution is 0.0817. The molecule has 0 aliphatic carbocycles. The fraction of sp³-hybridized carbons (Fsp3) is 0.429. The number of piperazine rings is 1. The summed E-state index contributed by atoms with van der Waals surface area (Å²) in [6, 6.07) is 6.29. The molecule has 0 radical (unpaired) electrons. The number of rotatable bonds is 4. The monoisotopic (exact) mass is 433 g/mol. The molecule has 0 bridgehead atoms. The maximum atomic E-state index is 12.9. The number of amides is 1.